The van der Waals surface area contributed by atoms with E-state index in [1.54, 1.807) is 32.2 Å². The molecule has 0 aliphatic heterocycles. The maximum absolute atomic E-state index is 12.7. The lowest BCUT2D eigenvalue weighted by molar-refractivity contribution is -0.122. The molecule has 1 N–H and O–H groups in total. The van der Waals surface area contributed by atoms with Crippen LogP contribution in [0.3, 0.4) is 0 Å². The minimum absolute atomic E-state index is 0.145. The van der Waals surface area contributed by atoms with Crippen LogP contribution in [0.4, 0.5) is 4.79 Å². The summed E-state index contributed by atoms with van der Waals surface area (Å²) in [6.45, 7) is 1.83. The number of nitrogens with zero attached hydrogens (tertiary/aromatic N) is 4. The van der Waals surface area contributed by atoms with Gasteiger partial charge in [-0.2, -0.15) is 4.80 Å². The number of nitrogens with one attached hydrogen (secondary N) is 1. The van der Waals surface area contributed by atoms with Crippen LogP contribution in [0.25, 0.3) is 0 Å². The number of ether oxygens (including phenoxy) is 2. The Morgan fingerprint density at radius 1 is 1.12 bits per heavy atom. The number of benzene rings is 2. The standard InChI is InChI=1S/C23H25Cl2N5O4/c1-3-20(26-23(32)34-12-11-15-7-9-16(33-2)10-8-15)21(31)14-30-28-22(27-29-30)13-17-18(24)5-4-6-19(17)25/h4-10,20H,3,11-14H2,1-2H3,(H,26,32). The van der Waals surface area contributed by atoms with E-state index >= 15 is 0 Å². The van der Waals surface area contributed by atoms with Crippen molar-refractivity contribution < 1.29 is 19.1 Å². The predicted molar refractivity (Wildman–Crippen MR) is 127 cm³/mol. The molecule has 3 rings (SSSR count). The van der Waals surface area contributed by atoms with Crippen LogP contribution in [0.5, 0.6) is 5.75 Å². The van der Waals surface area contributed by atoms with Gasteiger partial charge < -0.3 is 14.8 Å². The molecule has 1 aromatic heterocycles. The number of hydrogen-bond acceptors (Lipinski definition) is 7. The molecule has 0 aliphatic rings. The number of carbonyl (C=O) groups excluding carboxylic acids is 2. The molecule has 34 heavy (non-hydrogen) atoms. The van der Waals surface area contributed by atoms with Gasteiger partial charge in [-0.05, 0) is 47.0 Å². The van der Waals surface area contributed by atoms with E-state index in [0.717, 1.165) is 11.3 Å². The van der Waals surface area contributed by atoms with E-state index in [-0.39, 0.29) is 25.4 Å². The lowest BCUT2D eigenvalue weighted by Crippen LogP contribution is -2.42. The Bertz CT molecular complexity index is 1100. The zero-order chi connectivity index (χ0) is 24.5. The summed E-state index contributed by atoms with van der Waals surface area (Å²) in [5.41, 5.74) is 1.69. The first-order valence-electron chi connectivity index (χ1n) is 10.7. The highest BCUT2D eigenvalue weighted by Crippen LogP contribution is 2.25. The van der Waals surface area contributed by atoms with E-state index in [0.29, 0.717) is 34.3 Å². The summed E-state index contributed by atoms with van der Waals surface area (Å²) in [5, 5.41) is 15.7. The van der Waals surface area contributed by atoms with Gasteiger partial charge in [0.1, 0.15) is 12.3 Å². The first-order chi connectivity index (χ1) is 16.4. The maximum atomic E-state index is 12.7. The van der Waals surface area contributed by atoms with Crippen LogP contribution in [-0.2, 0) is 28.9 Å². The number of alkyl carbamates (subject to hydrolysis) is 1. The molecule has 180 valence electrons. The molecule has 1 atom stereocenters. The summed E-state index contributed by atoms with van der Waals surface area (Å²) < 4.78 is 10.3. The number of amides is 1. The SMILES string of the molecule is CCC(NC(=O)OCCc1ccc(OC)cc1)C(=O)Cn1nnc(Cc2c(Cl)cccc2Cl)n1. The molecule has 9 nitrogen and oxygen atoms in total. The number of carbonyl (C=O) groups is 2. The summed E-state index contributed by atoms with van der Waals surface area (Å²) in [6.07, 6.45) is 0.559. The Balaban J connectivity index is 1.48. The van der Waals surface area contributed by atoms with Crippen molar-refractivity contribution in [1.82, 2.24) is 25.5 Å². The Labute approximate surface area is 207 Å². The van der Waals surface area contributed by atoms with E-state index in [2.05, 4.69) is 20.7 Å². The predicted octanol–water partition coefficient (Wildman–Crippen LogP) is 3.90. The van der Waals surface area contributed by atoms with Crippen LogP contribution < -0.4 is 10.1 Å². The number of methoxy groups -OCH3 is 1. The summed E-state index contributed by atoms with van der Waals surface area (Å²) in [4.78, 5) is 26.0. The number of aromatic nitrogens is 4. The number of tetrazole rings is 1. The van der Waals surface area contributed by atoms with Crippen LogP contribution in [0.15, 0.2) is 42.5 Å². The van der Waals surface area contributed by atoms with Gasteiger partial charge in [-0.3, -0.25) is 4.79 Å². The quantitative estimate of drug-likeness (QED) is 0.420. The van der Waals surface area contributed by atoms with Gasteiger partial charge in [0.2, 0.25) is 0 Å². The van der Waals surface area contributed by atoms with Crippen molar-refractivity contribution in [3.63, 3.8) is 0 Å². The highest BCUT2D eigenvalue weighted by Gasteiger charge is 2.21. The van der Waals surface area contributed by atoms with Gasteiger partial charge in [-0.15, -0.1) is 10.2 Å². The van der Waals surface area contributed by atoms with Gasteiger partial charge in [0.15, 0.2) is 11.6 Å². The molecule has 0 saturated carbocycles. The number of halogens is 2. The monoisotopic (exact) mass is 505 g/mol. The van der Waals surface area contributed by atoms with Gasteiger partial charge in [0.05, 0.1) is 19.8 Å². The zero-order valence-corrected chi connectivity index (χ0v) is 20.3. The largest absolute Gasteiger partial charge is 0.497 e. The van der Waals surface area contributed by atoms with Gasteiger partial charge >= 0.3 is 6.09 Å². The van der Waals surface area contributed by atoms with Gasteiger partial charge in [-0.25, -0.2) is 4.79 Å². The fraction of sp³-hybridized carbons (Fsp3) is 0.348. The van der Waals surface area contributed by atoms with Crippen molar-refractivity contribution >= 4 is 35.1 Å². The zero-order valence-electron chi connectivity index (χ0n) is 18.8. The third kappa shape index (κ3) is 7.16. The second-order valence-electron chi connectivity index (χ2n) is 7.42. The fourth-order valence-electron chi connectivity index (χ4n) is 3.17. The first-order valence-corrected chi connectivity index (χ1v) is 11.4. The van der Waals surface area contributed by atoms with E-state index in [9.17, 15) is 9.59 Å². The second-order valence-corrected chi connectivity index (χ2v) is 8.23. The van der Waals surface area contributed by atoms with Crippen molar-refractivity contribution in [3.8, 4) is 5.75 Å². The molecule has 0 saturated heterocycles. The van der Waals surface area contributed by atoms with Gasteiger partial charge in [-0.1, -0.05) is 48.3 Å². The Hall–Kier alpha value is -3.17. The second kappa shape index (κ2) is 12.3. The minimum atomic E-state index is -0.735. The summed E-state index contributed by atoms with van der Waals surface area (Å²) in [6, 6.07) is 11.9. The van der Waals surface area contributed by atoms with Crippen molar-refractivity contribution in [1.29, 1.82) is 0 Å². The van der Waals surface area contributed by atoms with Crippen molar-refractivity contribution in [3.05, 3.63) is 69.5 Å². The highest BCUT2D eigenvalue weighted by atomic mass is 35.5. The molecule has 0 fully saturated rings. The molecule has 3 aromatic rings. The molecular weight excluding hydrogens is 481 g/mol. The third-order valence-electron chi connectivity index (χ3n) is 5.06. The number of ketones is 1. The Morgan fingerprint density at radius 3 is 2.47 bits per heavy atom. The maximum Gasteiger partial charge on any atom is 0.407 e. The molecule has 0 bridgehead atoms. The molecule has 0 aliphatic carbocycles. The molecule has 0 spiro atoms. The average molecular weight is 506 g/mol. The van der Waals surface area contributed by atoms with E-state index in [4.69, 9.17) is 32.7 Å². The van der Waals surface area contributed by atoms with E-state index in [1.807, 2.05) is 24.3 Å². The first kappa shape index (κ1) is 25.5. The van der Waals surface area contributed by atoms with Crippen LogP contribution in [-0.4, -0.2) is 51.8 Å². The molecule has 2 aromatic carbocycles. The third-order valence-corrected chi connectivity index (χ3v) is 5.77. The smallest absolute Gasteiger partial charge is 0.407 e. The Morgan fingerprint density at radius 2 is 1.82 bits per heavy atom. The van der Waals surface area contributed by atoms with Gasteiger partial charge in [0.25, 0.3) is 0 Å². The number of rotatable bonds is 11. The number of hydrogen-bond donors (Lipinski definition) is 1. The van der Waals surface area contributed by atoms with E-state index < -0.39 is 12.1 Å². The van der Waals surface area contributed by atoms with Crippen LogP contribution in [0.2, 0.25) is 10.0 Å². The molecule has 0 radical (unpaired) electrons. The van der Waals surface area contributed by atoms with Crippen LogP contribution in [0.1, 0.15) is 30.3 Å². The van der Waals surface area contributed by atoms with Gasteiger partial charge in [0, 0.05) is 22.9 Å². The lowest BCUT2D eigenvalue weighted by Gasteiger charge is -2.15. The molecule has 1 unspecified atom stereocenters. The molecule has 11 heteroatoms. The number of Topliss-reactive ketones (excluding diaryl/α,β-unsaturated/α-hetero) is 1. The average Bonchev–Trinajstić information content (AvgIpc) is 3.27. The molecule has 1 heterocycles. The minimum Gasteiger partial charge on any atom is -0.497 e. The normalized spacial score (nSPS) is 11.6. The molecular formula is C23H25Cl2N5O4. The van der Waals surface area contributed by atoms with E-state index in [1.165, 1.54) is 4.80 Å². The van der Waals surface area contributed by atoms with Crippen molar-refractivity contribution in [2.45, 2.75) is 38.8 Å². The fourth-order valence-corrected chi connectivity index (χ4v) is 3.70. The molecule has 1 amide bonds. The summed E-state index contributed by atoms with van der Waals surface area (Å²) in [7, 11) is 1.60. The van der Waals surface area contributed by atoms with Crippen LogP contribution >= 0.6 is 23.2 Å². The van der Waals surface area contributed by atoms with Crippen molar-refractivity contribution in [2.24, 2.45) is 0 Å². The topological polar surface area (TPSA) is 108 Å². The summed E-state index contributed by atoms with van der Waals surface area (Å²) >= 11 is 12.4. The van der Waals surface area contributed by atoms with Crippen molar-refractivity contribution in [2.75, 3.05) is 13.7 Å². The Kier molecular flexibility index (Phi) is 9.24. The van der Waals surface area contributed by atoms with Crippen LogP contribution in [0, 0.1) is 0 Å². The summed E-state index contributed by atoms with van der Waals surface area (Å²) in [5.74, 6) is 0.865. The highest BCUT2D eigenvalue weighted by molar-refractivity contribution is 6.36. The lowest BCUT2D eigenvalue weighted by atomic mass is 10.1.